The maximum Gasteiger partial charge on any atom is 0.337 e. The van der Waals surface area contributed by atoms with Gasteiger partial charge < -0.3 is 14.8 Å². The minimum Gasteiger partial charge on any atom is -0.465 e. The molecule has 0 aliphatic carbocycles. The largest absolute Gasteiger partial charge is 0.465 e. The summed E-state index contributed by atoms with van der Waals surface area (Å²) >= 11 is 5.75. The fraction of sp³-hybridized carbons (Fsp3) is 0.286. The minimum atomic E-state index is -4.55. The third-order valence-corrected chi connectivity index (χ3v) is 4.63. The van der Waals surface area contributed by atoms with Gasteiger partial charge in [0.15, 0.2) is 5.37 Å². The van der Waals surface area contributed by atoms with Gasteiger partial charge in [0.1, 0.15) is 6.73 Å². The molecule has 9 nitrogen and oxygen atoms in total. The molecule has 0 radical (unpaired) electrons. The van der Waals surface area contributed by atoms with Crippen LogP contribution in [0, 0.1) is 0 Å². The van der Waals surface area contributed by atoms with Crippen molar-refractivity contribution in [1.82, 2.24) is 10.2 Å². The Balaban J connectivity index is 1.92. The molecule has 1 aliphatic heterocycles. The molecular weight excluding hydrogens is 376 g/mol. The molecule has 0 saturated heterocycles. The van der Waals surface area contributed by atoms with E-state index in [9.17, 15) is 18.0 Å². The van der Waals surface area contributed by atoms with Crippen LogP contribution in [-0.2, 0) is 26.2 Å². The van der Waals surface area contributed by atoms with Gasteiger partial charge in [0, 0.05) is 6.20 Å². The third kappa shape index (κ3) is 4.92. The van der Waals surface area contributed by atoms with E-state index < -0.39 is 27.5 Å². The summed E-state index contributed by atoms with van der Waals surface area (Å²) in [6.07, 6.45) is 1.07. The molecule has 0 aromatic heterocycles. The summed E-state index contributed by atoms with van der Waals surface area (Å²) < 4.78 is 41.1. The topological polar surface area (TPSA) is 122 Å². The number of halogens is 1. The number of nitrogens with one attached hydrogen (secondary N) is 1. The molecule has 0 bridgehead atoms. The molecule has 11 heteroatoms. The lowest BCUT2D eigenvalue weighted by atomic mass is 10.1. The maximum absolute atomic E-state index is 11.8. The predicted molar refractivity (Wildman–Crippen MR) is 87.1 cm³/mol. The van der Waals surface area contributed by atoms with Crippen LogP contribution >= 0.6 is 11.6 Å². The molecule has 2 amide bonds. The van der Waals surface area contributed by atoms with E-state index in [0.29, 0.717) is 5.56 Å². The second kappa shape index (κ2) is 7.83. The van der Waals surface area contributed by atoms with Gasteiger partial charge in [-0.2, -0.15) is 8.42 Å². The number of benzene rings is 1. The lowest BCUT2D eigenvalue weighted by Gasteiger charge is -2.27. The van der Waals surface area contributed by atoms with Gasteiger partial charge in [-0.1, -0.05) is 23.7 Å². The maximum atomic E-state index is 11.8. The van der Waals surface area contributed by atoms with Gasteiger partial charge in [-0.15, -0.1) is 0 Å². The number of hydrogen-bond donors (Lipinski definition) is 2. The summed E-state index contributed by atoms with van der Waals surface area (Å²) in [5.41, 5.74) is 1.14. The molecule has 0 spiro atoms. The highest BCUT2D eigenvalue weighted by atomic mass is 35.5. The number of methoxy groups -OCH3 is 1. The van der Waals surface area contributed by atoms with Crippen LogP contribution in [0.15, 0.2) is 35.5 Å². The van der Waals surface area contributed by atoms with Gasteiger partial charge in [-0.25, -0.2) is 9.59 Å². The lowest BCUT2D eigenvalue weighted by Crippen LogP contribution is -2.50. The number of esters is 1. The molecule has 1 heterocycles. The number of nitrogens with zero attached hydrogens (tertiary/aromatic N) is 1. The van der Waals surface area contributed by atoms with Gasteiger partial charge in [0.05, 0.1) is 24.3 Å². The molecule has 1 unspecified atom stereocenters. The van der Waals surface area contributed by atoms with E-state index in [1.165, 1.54) is 7.11 Å². The van der Waals surface area contributed by atoms with Crippen molar-refractivity contribution in [2.75, 3.05) is 13.8 Å². The third-order valence-electron chi connectivity index (χ3n) is 3.22. The minimum absolute atomic E-state index is 0.137. The SMILES string of the molecule is COC(=O)c1ccc(COCN2C=C(Cl)C(S(=O)(=O)O)NC2=O)cc1. The molecule has 25 heavy (non-hydrogen) atoms. The van der Waals surface area contributed by atoms with Crippen molar-refractivity contribution in [3.8, 4) is 0 Å². The number of hydrogen-bond acceptors (Lipinski definition) is 6. The Labute approximate surface area is 148 Å². The van der Waals surface area contributed by atoms with Crippen LogP contribution in [0.3, 0.4) is 0 Å². The van der Waals surface area contributed by atoms with Crippen molar-refractivity contribution in [3.05, 3.63) is 46.6 Å². The van der Waals surface area contributed by atoms with Crippen molar-refractivity contribution in [3.63, 3.8) is 0 Å². The average Bonchev–Trinajstić information content (AvgIpc) is 2.56. The first kappa shape index (κ1) is 19.2. The molecule has 1 aromatic carbocycles. The molecule has 1 aliphatic rings. The smallest absolute Gasteiger partial charge is 0.337 e. The standard InChI is InChI=1S/C14H15ClN2O7S/c1-23-13(18)10-4-2-9(3-5-10)7-24-8-17-6-11(15)12(16-14(17)19)25(20,21)22/h2-6,12H,7-8H2,1H3,(H,16,19)(H,20,21,22). The summed E-state index contributed by atoms with van der Waals surface area (Å²) in [7, 11) is -3.26. The molecule has 2 rings (SSSR count). The Morgan fingerprint density at radius 1 is 1.36 bits per heavy atom. The first-order valence-electron chi connectivity index (χ1n) is 6.88. The van der Waals surface area contributed by atoms with E-state index in [4.69, 9.17) is 20.9 Å². The van der Waals surface area contributed by atoms with E-state index >= 15 is 0 Å². The normalized spacial score (nSPS) is 17.7. The van der Waals surface area contributed by atoms with Gasteiger partial charge in [-0.05, 0) is 17.7 Å². The fourth-order valence-electron chi connectivity index (χ4n) is 1.97. The van der Waals surface area contributed by atoms with E-state index in [1.807, 2.05) is 5.32 Å². The van der Waals surface area contributed by atoms with E-state index in [0.717, 1.165) is 16.7 Å². The number of urea groups is 1. The molecule has 0 saturated carbocycles. The Kier molecular flexibility index (Phi) is 6.01. The average molecular weight is 391 g/mol. The highest BCUT2D eigenvalue weighted by molar-refractivity contribution is 7.86. The fourth-order valence-corrected chi connectivity index (χ4v) is 3.07. The Morgan fingerprint density at radius 3 is 2.56 bits per heavy atom. The van der Waals surface area contributed by atoms with Gasteiger partial charge in [0.2, 0.25) is 0 Å². The highest BCUT2D eigenvalue weighted by Crippen LogP contribution is 2.19. The van der Waals surface area contributed by atoms with Gasteiger partial charge in [-0.3, -0.25) is 9.45 Å². The molecule has 0 fully saturated rings. The summed E-state index contributed by atoms with van der Waals surface area (Å²) in [4.78, 5) is 24.1. The number of amides is 2. The Bertz CT molecular complexity index is 792. The van der Waals surface area contributed by atoms with Gasteiger partial charge in [0.25, 0.3) is 10.1 Å². The second-order valence-corrected chi connectivity index (χ2v) is 6.93. The lowest BCUT2D eigenvalue weighted by molar-refractivity contribution is 0.0551. The van der Waals surface area contributed by atoms with Crippen LogP contribution in [-0.4, -0.2) is 49.1 Å². The summed E-state index contributed by atoms with van der Waals surface area (Å²) in [6, 6.07) is 5.70. The van der Waals surface area contributed by atoms with Crippen LogP contribution in [0.5, 0.6) is 0 Å². The van der Waals surface area contributed by atoms with Crippen LogP contribution < -0.4 is 5.32 Å². The van der Waals surface area contributed by atoms with Gasteiger partial charge >= 0.3 is 12.0 Å². The number of carbonyl (C=O) groups excluding carboxylic acids is 2. The molecule has 2 N–H and O–H groups in total. The van der Waals surface area contributed by atoms with Crippen LogP contribution in [0.2, 0.25) is 0 Å². The predicted octanol–water partition coefficient (Wildman–Crippen LogP) is 1.27. The number of rotatable bonds is 6. The van der Waals surface area contributed by atoms with Crippen molar-refractivity contribution in [2.45, 2.75) is 12.0 Å². The van der Waals surface area contributed by atoms with Crippen LogP contribution in [0.25, 0.3) is 0 Å². The molecular formula is C14H15ClN2O7S. The summed E-state index contributed by atoms with van der Waals surface area (Å²) in [5, 5.41) is 0.0874. The first-order valence-corrected chi connectivity index (χ1v) is 8.76. The quantitative estimate of drug-likeness (QED) is 0.553. The summed E-state index contributed by atoms with van der Waals surface area (Å²) in [5.74, 6) is -0.453. The number of carbonyl (C=O) groups is 2. The Morgan fingerprint density at radius 2 is 2.00 bits per heavy atom. The Hall–Kier alpha value is -2.14. The number of ether oxygens (including phenoxy) is 2. The van der Waals surface area contributed by atoms with Crippen LogP contribution in [0.1, 0.15) is 15.9 Å². The molecule has 1 aromatic rings. The van der Waals surface area contributed by atoms with Crippen molar-refractivity contribution in [1.29, 1.82) is 0 Å². The highest BCUT2D eigenvalue weighted by Gasteiger charge is 2.34. The van der Waals surface area contributed by atoms with E-state index in [2.05, 4.69) is 4.74 Å². The second-order valence-electron chi connectivity index (χ2n) is 4.99. The zero-order valence-electron chi connectivity index (χ0n) is 13.0. The monoisotopic (exact) mass is 390 g/mol. The zero-order valence-corrected chi connectivity index (χ0v) is 14.6. The first-order chi connectivity index (χ1) is 11.7. The summed E-state index contributed by atoms with van der Waals surface area (Å²) in [6.45, 7) is -0.0581. The van der Waals surface area contributed by atoms with Crippen molar-refractivity contribution >= 4 is 33.7 Å². The molecule has 136 valence electrons. The van der Waals surface area contributed by atoms with Crippen molar-refractivity contribution in [2.24, 2.45) is 0 Å². The molecule has 1 atom stereocenters. The van der Waals surface area contributed by atoms with E-state index in [-0.39, 0.29) is 18.4 Å². The van der Waals surface area contributed by atoms with E-state index in [1.54, 1.807) is 24.3 Å². The van der Waals surface area contributed by atoms with Crippen molar-refractivity contribution < 1.29 is 32.0 Å². The van der Waals surface area contributed by atoms with Crippen LogP contribution in [0.4, 0.5) is 4.79 Å². The zero-order chi connectivity index (χ0) is 18.6.